The van der Waals surface area contributed by atoms with E-state index in [4.69, 9.17) is 4.98 Å². The van der Waals surface area contributed by atoms with Crippen molar-refractivity contribution in [1.29, 1.82) is 0 Å². The monoisotopic (exact) mass is 565 g/mol. The molecule has 0 aliphatic carbocycles. The average molecular weight is 565 g/mol. The molecule has 2 heterocycles. The van der Waals surface area contributed by atoms with Crippen molar-refractivity contribution in [2.24, 2.45) is 0 Å². The molecule has 3 aromatic carbocycles. The lowest BCUT2D eigenvalue weighted by molar-refractivity contribution is 0.649. The van der Waals surface area contributed by atoms with Gasteiger partial charge in [0, 0.05) is 18.4 Å². The summed E-state index contributed by atoms with van der Waals surface area (Å²) in [5, 5.41) is 11.4. The minimum atomic E-state index is -0.115. The Morgan fingerprint density at radius 3 is 2.64 bits per heavy atom. The Labute approximate surface area is 208 Å². The van der Waals surface area contributed by atoms with Crippen LogP contribution in [0.4, 0.5) is 0 Å². The Morgan fingerprint density at radius 2 is 1.76 bits per heavy atom. The molecule has 0 spiro atoms. The highest BCUT2D eigenvalue weighted by atomic mass is 127. The number of aromatic nitrogens is 5. The van der Waals surface area contributed by atoms with Gasteiger partial charge in [0.2, 0.25) is 0 Å². The summed E-state index contributed by atoms with van der Waals surface area (Å²) in [6.07, 6.45) is 2.53. The van der Waals surface area contributed by atoms with Crippen LogP contribution < -0.4 is 5.56 Å². The highest BCUT2D eigenvalue weighted by Crippen LogP contribution is 2.23. The van der Waals surface area contributed by atoms with Gasteiger partial charge in [0.1, 0.15) is 3.57 Å². The first-order chi connectivity index (χ1) is 16.2. The number of benzene rings is 3. The van der Waals surface area contributed by atoms with Crippen LogP contribution in [0.1, 0.15) is 22.5 Å². The van der Waals surface area contributed by atoms with Crippen LogP contribution >= 0.6 is 34.4 Å². The molecule has 2 aromatic heterocycles. The minimum absolute atomic E-state index is 0.115. The van der Waals surface area contributed by atoms with Gasteiger partial charge >= 0.3 is 0 Å². The predicted octanol–water partition coefficient (Wildman–Crippen LogP) is 5.05. The zero-order chi connectivity index (χ0) is 22.6. The lowest BCUT2D eigenvalue weighted by Crippen LogP contribution is -2.16. The van der Waals surface area contributed by atoms with Crippen molar-refractivity contribution in [3.05, 3.63) is 115 Å². The first-order valence-electron chi connectivity index (χ1n) is 10.5. The SMILES string of the molecule is O=c1[nH]c(SCc2cn(Cc3ccccc3)nn2)nc(Cc2cccc3ccccc23)c1I. The Hall–Kier alpha value is -2.98. The molecule has 0 saturated carbocycles. The number of rotatable bonds is 7. The third-order valence-corrected chi connectivity index (χ3v) is 7.30. The van der Waals surface area contributed by atoms with Gasteiger partial charge in [-0.1, -0.05) is 89.8 Å². The van der Waals surface area contributed by atoms with E-state index in [1.54, 1.807) is 0 Å². The molecule has 0 unspecified atom stereocenters. The molecule has 5 rings (SSSR count). The molecule has 0 saturated heterocycles. The van der Waals surface area contributed by atoms with Crippen LogP contribution in [0.25, 0.3) is 10.8 Å². The van der Waals surface area contributed by atoms with E-state index >= 15 is 0 Å². The molecule has 6 nitrogen and oxygen atoms in total. The van der Waals surface area contributed by atoms with Crippen molar-refractivity contribution in [3.63, 3.8) is 0 Å². The van der Waals surface area contributed by atoms with E-state index in [0.29, 0.717) is 27.4 Å². The number of halogens is 1. The zero-order valence-electron chi connectivity index (χ0n) is 17.6. The van der Waals surface area contributed by atoms with Crippen molar-refractivity contribution < 1.29 is 0 Å². The van der Waals surface area contributed by atoms with Crippen LogP contribution in [0.5, 0.6) is 0 Å². The molecule has 8 heteroatoms. The number of nitrogens with one attached hydrogen (secondary N) is 1. The highest BCUT2D eigenvalue weighted by molar-refractivity contribution is 14.1. The third kappa shape index (κ3) is 5.17. The van der Waals surface area contributed by atoms with Gasteiger partial charge in [-0.2, -0.15) is 0 Å². The van der Waals surface area contributed by atoms with Gasteiger partial charge in [0.25, 0.3) is 5.56 Å². The molecule has 5 aromatic rings. The van der Waals surface area contributed by atoms with Crippen LogP contribution in [0.3, 0.4) is 0 Å². The zero-order valence-corrected chi connectivity index (χ0v) is 20.6. The molecular weight excluding hydrogens is 545 g/mol. The van der Waals surface area contributed by atoms with Crippen molar-refractivity contribution in [3.8, 4) is 0 Å². The maximum absolute atomic E-state index is 12.6. The van der Waals surface area contributed by atoms with Crippen molar-refractivity contribution in [1.82, 2.24) is 25.0 Å². The molecule has 1 N–H and O–H groups in total. The first kappa shape index (κ1) is 21.8. The molecule has 0 aliphatic heterocycles. The quantitative estimate of drug-likeness (QED) is 0.170. The fraction of sp³-hybridized carbons (Fsp3) is 0.120. The smallest absolute Gasteiger partial charge is 0.265 e. The summed E-state index contributed by atoms with van der Waals surface area (Å²) in [7, 11) is 0. The maximum atomic E-state index is 12.6. The minimum Gasteiger partial charge on any atom is -0.301 e. The second-order valence-corrected chi connectivity index (χ2v) is 9.67. The van der Waals surface area contributed by atoms with E-state index in [1.807, 2.05) is 47.3 Å². The van der Waals surface area contributed by atoms with E-state index in [-0.39, 0.29) is 5.56 Å². The van der Waals surface area contributed by atoms with Gasteiger partial charge < -0.3 is 4.98 Å². The summed E-state index contributed by atoms with van der Waals surface area (Å²) in [6, 6.07) is 24.7. The van der Waals surface area contributed by atoms with E-state index < -0.39 is 0 Å². The van der Waals surface area contributed by atoms with Gasteiger partial charge in [0.05, 0.1) is 17.9 Å². The summed E-state index contributed by atoms with van der Waals surface area (Å²) in [5.41, 5.74) is 3.84. The average Bonchev–Trinajstić information content (AvgIpc) is 3.29. The Balaban J connectivity index is 1.32. The van der Waals surface area contributed by atoms with Gasteiger partial charge in [0.15, 0.2) is 5.16 Å². The van der Waals surface area contributed by atoms with Crippen molar-refractivity contribution >= 4 is 45.1 Å². The van der Waals surface area contributed by atoms with Gasteiger partial charge in [-0.05, 0) is 44.5 Å². The maximum Gasteiger partial charge on any atom is 0.265 e. The molecule has 164 valence electrons. The topological polar surface area (TPSA) is 76.5 Å². The van der Waals surface area contributed by atoms with Crippen LogP contribution in [-0.2, 0) is 18.7 Å². The number of aromatic amines is 1. The van der Waals surface area contributed by atoms with Gasteiger partial charge in [-0.25, -0.2) is 9.67 Å². The second-order valence-electron chi connectivity index (χ2n) is 7.63. The number of hydrogen-bond donors (Lipinski definition) is 1. The van der Waals surface area contributed by atoms with E-state index in [0.717, 1.165) is 17.0 Å². The van der Waals surface area contributed by atoms with Crippen LogP contribution in [0.2, 0.25) is 0 Å². The third-order valence-electron chi connectivity index (χ3n) is 5.28. The number of hydrogen-bond acceptors (Lipinski definition) is 5. The summed E-state index contributed by atoms with van der Waals surface area (Å²) in [6.45, 7) is 0.673. The predicted molar refractivity (Wildman–Crippen MR) is 139 cm³/mol. The number of thioether (sulfide) groups is 1. The molecule has 0 atom stereocenters. The first-order valence-corrected chi connectivity index (χ1v) is 12.5. The molecule has 33 heavy (non-hydrogen) atoms. The van der Waals surface area contributed by atoms with Crippen molar-refractivity contribution in [2.45, 2.75) is 23.9 Å². The summed E-state index contributed by atoms with van der Waals surface area (Å²) in [5.74, 6) is 0.575. The lowest BCUT2D eigenvalue weighted by atomic mass is 10.0. The molecule has 0 aliphatic rings. The molecule has 0 fully saturated rings. The second kappa shape index (κ2) is 9.88. The fourth-order valence-electron chi connectivity index (χ4n) is 3.69. The van der Waals surface area contributed by atoms with Crippen molar-refractivity contribution in [2.75, 3.05) is 0 Å². The van der Waals surface area contributed by atoms with E-state index in [2.05, 4.69) is 74.3 Å². The molecule has 0 bridgehead atoms. The van der Waals surface area contributed by atoms with Gasteiger partial charge in [-0.3, -0.25) is 4.79 Å². The highest BCUT2D eigenvalue weighted by Gasteiger charge is 2.13. The normalized spacial score (nSPS) is 11.2. The number of H-pyrrole nitrogens is 1. The Bertz CT molecular complexity index is 1460. The fourth-order valence-corrected chi connectivity index (χ4v) is 4.89. The summed E-state index contributed by atoms with van der Waals surface area (Å²) < 4.78 is 2.44. The lowest BCUT2D eigenvalue weighted by Gasteiger charge is -2.09. The Kier molecular flexibility index (Phi) is 6.54. The standard InChI is InChI=1S/C25H20IN5OS/c26-23-22(13-19-11-6-10-18-9-4-5-12-21(18)19)27-25(28-24(23)32)33-16-20-15-31(30-29-20)14-17-7-2-1-3-8-17/h1-12,15H,13-14,16H2,(H,27,28,32). The number of fused-ring (bicyclic) bond motifs is 1. The molecule has 0 amide bonds. The van der Waals surface area contributed by atoms with Crippen LogP contribution in [-0.4, -0.2) is 25.0 Å². The summed E-state index contributed by atoms with van der Waals surface area (Å²) in [4.78, 5) is 20.2. The van der Waals surface area contributed by atoms with Crippen LogP contribution in [0, 0.1) is 3.57 Å². The Morgan fingerprint density at radius 1 is 0.970 bits per heavy atom. The largest absolute Gasteiger partial charge is 0.301 e. The number of nitrogens with zero attached hydrogens (tertiary/aromatic N) is 4. The van der Waals surface area contributed by atoms with Crippen LogP contribution in [0.15, 0.2) is 88.9 Å². The summed E-state index contributed by atoms with van der Waals surface area (Å²) >= 11 is 3.54. The molecule has 0 radical (unpaired) electrons. The van der Waals surface area contributed by atoms with Gasteiger partial charge in [-0.15, -0.1) is 5.10 Å². The van der Waals surface area contributed by atoms with E-state index in [1.165, 1.54) is 28.1 Å². The molecular formula is C25H20IN5OS. The van der Waals surface area contributed by atoms with E-state index in [9.17, 15) is 4.79 Å².